The SMILES string of the molecule is O=c1oc2ccccc2cc1-c1cnc(NN=Cc2cccc([N+](=O)[O-])c2)s1. The fourth-order valence-corrected chi connectivity index (χ4v) is 3.33. The van der Waals surface area contributed by atoms with Crippen LogP contribution in [-0.2, 0) is 0 Å². The number of thiazole rings is 1. The number of hydrazone groups is 1. The maximum atomic E-state index is 12.2. The minimum Gasteiger partial charge on any atom is -0.422 e. The average molecular weight is 392 g/mol. The van der Waals surface area contributed by atoms with E-state index in [1.165, 1.54) is 29.7 Å². The summed E-state index contributed by atoms with van der Waals surface area (Å²) in [6.07, 6.45) is 3.02. The Labute approximate surface area is 161 Å². The van der Waals surface area contributed by atoms with Gasteiger partial charge in [-0.1, -0.05) is 41.7 Å². The van der Waals surface area contributed by atoms with Crippen LogP contribution in [0.4, 0.5) is 10.8 Å². The van der Waals surface area contributed by atoms with Crippen molar-refractivity contribution in [1.82, 2.24) is 4.98 Å². The first-order chi connectivity index (χ1) is 13.6. The van der Waals surface area contributed by atoms with Crippen LogP contribution in [0.3, 0.4) is 0 Å². The van der Waals surface area contributed by atoms with E-state index in [9.17, 15) is 14.9 Å². The number of rotatable bonds is 5. The Bertz CT molecular complexity index is 1260. The molecule has 2 aromatic carbocycles. The van der Waals surface area contributed by atoms with Crippen LogP contribution < -0.4 is 11.1 Å². The number of anilines is 1. The van der Waals surface area contributed by atoms with Gasteiger partial charge in [0.05, 0.1) is 21.6 Å². The van der Waals surface area contributed by atoms with Gasteiger partial charge in [-0.25, -0.2) is 9.78 Å². The molecule has 9 heteroatoms. The van der Waals surface area contributed by atoms with Gasteiger partial charge in [0.25, 0.3) is 5.69 Å². The fourth-order valence-electron chi connectivity index (χ4n) is 2.56. The van der Waals surface area contributed by atoms with Gasteiger partial charge in [-0.3, -0.25) is 15.5 Å². The molecule has 4 rings (SSSR count). The topological polar surface area (TPSA) is 111 Å². The highest BCUT2D eigenvalue weighted by molar-refractivity contribution is 7.18. The van der Waals surface area contributed by atoms with Crippen molar-refractivity contribution in [3.63, 3.8) is 0 Å². The van der Waals surface area contributed by atoms with Crippen molar-refractivity contribution >= 4 is 39.3 Å². The summed E-state index contributed by atoms with van der Waals surface area (Å²) >= 11 is 1.25. The smallest absolute Gasteiger partial charge is 0.345 e. The number of nitrogens with one attached hydrogen (secondary N) is 1. The van der Waals surface area contributed by atoms with Crippen LogP contribution >= 0.6 is 11.3 Å². The van der Waals surface area contributed by atoms with E-state index in [4.69, 9.17) is 4.42 Å². The summed E-state index contributed by atoms with van der Waals surface area (Å²) in [4.78, 5) is 27.4. The zero-order valence-corrected chi connectivity index (χ0v) is 15.1. The van der Waals surface area contributed by atoms with Crippen molar-refractivity contribution in [3.05, 3.63) is 86.9 Å². The van der Waals surface area contributed by atoms with Crippen LogP contribution in [0.2, 0.25) is 0 Å². The van der Waals surface area contributed by atoms with E-state index in [-0.39, 0.29) is 5.69 Å². The van der Waals surface area contributed by atoms with Crippen LogP contribution in [0.5, 0.6) is 0 Å². The molecule has 8 nitrogen and oxygen atoms in total. The molecule has 0 radical (unpaired) electrons. The standard InChI is InChI=1S/C19H12N4O4S/c24-18-15(9-13-5-1-2-7-16(13)27-18)17-11-20-19(28-17)22-21-10-12-4-3-6-14(8-12)23(25)26/h1-11H,(H,20,22). The number of aromatic nitrogens is 1. The summed E-state index contributed by atoms with van der Waals surface area (Å²) in [7, 11) is 0. The first kappa shape index (κ1) is 17.6. The van der Waals surface area contributed by atoms with E-state index in [2.05, 4.69) is 15.5 Å². The lowest BCUT2D eigenvalue weighted by Gasteiger charge is -1.99. The largest absolute Gasteiger partial charge is 0.422 e. The van der Waals surface area contributed by atoms with Crippen LogP contribution in [0.1, 0.15) is 5.56 Å². The van der Waals surface area contributed by atoms with E-state index < -0.39 is 10.5 Å². The van der Waals surface area contributed by atoms with Gasteiger partial charge in [0.15, 0.2) is 0 Å². The number of fused-ring (bicyclic) bond motifs is 1. The second kappa shape index (κ2) is 7.41. The molecule has 0 atom stereocenters. The fraction of sp³-hybridized carbons (Fsp3) is 0. The second-order valence-electron chi connectivity index (χ2n) is 5.74. The van der Waals surface area contributed by atoms with Crippen molar-refractivity contribution < 1.29 is 9.34 Å². The van der Waals surface area contributed by atoms with Gasteiger partial charge in [-0.05, 0) is 12.1 Å². The van der Waals surface area contributed by atoms with E-state index in [1.54, 1.807) is 36.5 Å². The van der Waals surface area contributed by atoms with Gasteiger partial charge in [0.1, 0.15) is 5.58 Å². The highest BCUT2D eigenvalue weighted by Crippen LogP contribution is 2.28. The molecule has 28 heavy (non-hydrogen) atoms. The molecular formula is C19H12N4O4S. The molecule has 2 heterocycles. The lowest BCUT2D eigenvalue weighted by molar-refractivity contribution is -0.384. The molecule has 4 aromatic rings. The van der Waals surface area contributed by atoms with Gasteiger partial charge in [-0.2, -0.15) is 5.10 Å². The van der Waals surface area contributed by atoms with Crippen molar-refractivity contribution in [2.24, 2.45) is 5.10 Å². The van der Waals surface area contributed by atoms with Crippen LogP contribution in [-0.4, -0.2) is 16.1 Å². The number of hydrogen-bond acceptors (Lipinski definition) is 8. The van der Waals surface area contributed by atoms with Crippen molar-refractivity contribution in [2.45, 2.75) is 0 Å². The summed E-state index contributed by atoms with van der Waals surface area (Å²) in [5, 5.41) is 16.1. The van der Waals surface area contributed by atoms with Gasteiger partial charge in [0.2, 0.25) is 5.13 Å². The van der Waals surface area contributed by atoms with Crippen molar-refractivity contribution in [3.8, 4) is 10.4 Å². The van der Waals surface area contributed by atoms with Gasteiger partial charge < -0.3 is 4.42 Å². The molecule has 0 amide bonds. The number of hydrogen-bond donors (Lipinski definition) is 1. The van der Waals surface area contributed by atoms with E-state index in [0.29, 0.717) is 26.7 Å². The molecule has 0 bridgehead atoms. The third kappa shape index (κ3) is 3.64. The molecule has 0 unspecified atom stereocenters. The Balaban J connectivity index is 1.54. The zero-order valence-electron chi connectivity index (χ0n) is 14.2. The summed E-state index contributed by atoms with van der Waals surface area (Å²) in [5.74, 6) is 0. The Morgan fingerprint density at radius 1 is 1.18 bits per heavy atom. The number of non-ortho nitro benzene ring substituents is 1. The lowest BCUT2D eigenvalue weighted by Crippen LogP contribution is -2.01. The van der Waals surface area contributed by atoms with Crippen LogP contribution in [0, 0.1) is 10.1 Å². The Morgan fingerprint density at radius 2 is 2.04 bits per heavy atom. The molecule has 138 valence electrons. The van der Waals surface area contributed by atoms with Crippen molar-refractivity contribution in [1.29, 1.82) is 0 Å². The molecule has 0 fully saturated rings. The molecule has 0 aliphatic carbocycles. The lowest BCUT2D eigenvalue weighted by atomic mass is 10.2. The van der Waals surface area contributed by atoms with E-state index in [0.717, 1.165) is 5.39 Å². The summed E-state index contributed by atoms with van der Waals surface area (Å²) in [6, 6.07) is 15.2. The van der Waals surface area contributed by atoms with Crippen molar-refractivity contribution in [2.75, 3.05) is 5.43 Å². The minimum absolute atomic E-state index is 0.0106. The number of nitrogens with zero attached hydrogens (tertiary/aromatic N) is 3. The molecule has 0 spiro atoms. The third-order valence-electron chi connectivity index (χ3n) is 3.87. The van der Waals surface area contributed by atoms with Gasteiger partial charge in [-0.15, -0.1) is 0 Å². The van der Waals surface area contributed by atoms with E-state index >= 15 is 0 Å². The van der Waals surface area contributed by atoms with Gasteiger partial charge >= 0.3 is 5.63 Å². The first-order valence-corrected chi connectivity index (χ1v) is 8.94. The van der Waals surface area contributed by atoms with E-state index in [1.807, 2.05) is 12.1 Å². The van der Waals surface area contributed by atoms with Crippen LogP contribution in [0.15, 0.2) is 75.1 Å². The number of nitro groups is 1. The molecular weight excluding hydrogens is 380 g/mol. The number of benzene rings is 2. The zero-order chi connectivity index (χ0) is 19.5. The second-order valence-corrected chi connectivity index (χ2v) is 6.77. The maximum Gasteiger partial charge on any atom is 0.345 e. The Morgan fingerprint density at radius 3 is 2.89 bits per heavy atom. The molecule has 2 aromatic heterocycles. The minimum atomic E-state index is -0.465. The monoisotopic (exact) mass is 392 g/mol. The first-order valence-electron chi connectivity index (χ1n) is 8.13. The predicted molar refractivity (Wildman–Crippen MR) is 108 cm³/mol. The molecule has 1 N–H and O–H groups in total. The Hall–Kier alpha value is -3.85. The summed E-state index contributed by atoms with van der Waals surface area (Å²) in [6.45, 7) is 0. The highest BCUT2D eigenvalue weighted by Gasteiger charge is 2.11. The Kier molecular flexibility index (Phi) is 4.65. The maximum absolute atomic E-state index is 12.2. The number of para-hydroxylation sites is 1. The summed E-state index contributed by atoms with van der Waals surface area (Å²) in [5.41, 5.74) is 3.85. The molecule has 0 aliphatic heterocycles. The predicted octanol–water partition coefficient (Wildman–Crippen LogP) is 4.27. The quantitative estimate of drug-likeness (QED) is 0.235. The normalized spacial score (nSPS) is 11.1. The average Bonchev–Trinajstić information content (AvgIpc) is 3.16. The molecule has 0 aliphatic rings. The third-order valence-corrected chi connectivity index (χ3v) is 4.80. The van der Waals surface area contributed by atoms with Gasteiger partial charge in [0, 0.05) is 29.3 Å². The highest BCUT2D eigenvalue weighted by atomic mass is 32.1. The summed E-state index contributed by atoms with van der Waals surface area (Å²) < 4.78 is 5.34. The molecule has 0 saturated carbocycles. The van der Waals surface area contributed by atoms with Crippen LogP contribution in [0.25, 0.3) is 21.4 Å². The number of nitro benzene ring substituents is 1. The molecule has 0 saturated heterocycles.